The number of ether oxygens (including phenoxy) is 2. The predicted octanol–water partition coefficient (Wildman–Crippen LogP) is 7.51. The zero-order valence-electron chi connectivity index (χ0n) is 22.8. The Balaban J connectivity index is 1.40. The minimum atomic E-state index is -5.01. The molecule has 2 aromatic carbocycles. The Morgan fingerprint density at radius 2 is 1.77 bits per heavy atom. The van der Waals surface area contributed by atoms with Crippen LogP contribution in [0.1, 0.15) is 11.3 Å². The summed E-state index contributed by atoms with van der Waals surface area (Å²) in [6, 6.07) is 14.7. The summed E-state index contributed by atoms with van der Waals surface area (Å²) >= 11 is 6.29. The first-order valence-electron chi connectivity index (χ1n) is 13.0. The number of aryl methyl sites for hydroxylation is 1. The lowest BCUT2D eigenvalue weighted by molar-refractivity contribution is -0.160. The third-order valence-corrected chi connectivity index (χ3v) is 7.04. The molecule has 8 nitrogen and oxygen atoms in total. The number of likely N-dealkylation sites (tertiary alicyclic amines) is 1. The topological polar surface area (TPSA) is 89.7 Å². The molecule has 0 bridgehead atoms. The molecule has 1 fully saturated rings. The Morgan fingerprint density at radius 1 is 1.02 bits per heavy atom. The van der Waals surface area contributed by atoms with Crippen LogP contribution in [0, 0.1) is 12.8 Å². The fourth-order valence-electron chi connectivity index (χ4n) is 4.96. The summed E-state index contributed by atoms with van der Waals surface area (Å²) in [4.78, 5) is 16.6. The second-order valence-electron chi connectivity index (χ2n) is 10.2. The third kappa shape index (κ3) is 7.08. The Bertz CT molecular complexity index is 1690. The van der Waals surface area contributed by atoms with Crippen LogP contribution in [0.5, 0.6) is 11.5 Å². The number of rotatable bonds is 8. The highest BCUT2D eigenvalue weighted by atomic mass is 35.5. The first-order chi connectivity index (χ1) is 20.7. The van der Waals surface area contributed by atoms with Crippen molar-refractivity contribution in [2.75, 3.05) is 26.2 Å². The highest BCUT2D eigenvalue weighted by Crippen LogP contribution is 2.39. The van der Waals surface area contributed by atoms with Gasteiger partial charge in [-0.15, -0.1) is 0 Å². The van der Waals surface area contributed by atoms with E-state index in [1.54, 1.807) is 36.4 Å². The molecule has 4 aromatic rings. The summed E-state index contributed by atoms with van der Waals surface area (Å²) in [5.41, 5.74) is 1.44. The van der Waals surface area contributed by atoms with E-state index < -0.39 is 36.5 Å². The molecular formula is C29H23ClF6N4O4. The molecule has 0 spiro atoms. The maximum absolute atomic E-state index is 13.9. The average molecular weight is 641 g/mol. The second kappa shape index (κ2) is 12.0. The van der Waals surface area contributed by atoms with Crippen molar-refractivity contribution in [2.45, 2.75) is 19.3 Å². The van der Waals surface area contributed by atoms with Crippen LogP contribution >= 0.6 is 11.6 Å². The highest BCUT2D eigenvalue weighted by molar-refractivity contribution is 6.31. The van der Waals surface area contributed by atoms with E-state index in [1.807, 2.05) is 13.0 Å². The molecule has 0 radical (unpaired) electrons. The van der Waals surface area contributed by atoms with Gasteiger partial charge in [-0.3, -0.25) is 4.90 Å². The minimum absolute atomic E-state index is 0.0166. The highest BCUT2D eigenvalue weighted by Gasteiger charge is 2.41. The van der Waals surface area contributed by atoms with Crippen LogP contribution in [-0.4, -0.2) is 63.3 Å². The first kappa shape index (κ1) is 31.1. The van der Waals surface area contributed by atoms with Crippen LogP contribution in [0.3, 0.4) is 0 Å². The van der Waals surface area contributed by atoms with Crippen molar-refractivity contribution < 1.29 is 45.7 Å². The van der Waals surface area contributed by atoms with Crippen molar-refractivity contribution >= 4 is 17.8 Å². The molecule has 232 valence electrons. The molecule has 1 saturated heterocycles. The number of nitrogens with zero attached hydrogens (tertiary/aromatic N) is 4. The molecule has 0 amide bonds. The van der Waals surface area contributed by atoms with Crippen molar-refractivity contribution in [3.05, 3.63) is 77.1 Å². The zero-order valence-corrected chi connectivity index (χ0v) is 23.5. The number of hydrogen-bond donors (Lipinski definition) is 1. The van der Waals surface area contributed by atoms with Gasteiger partial charge in [0.25, 0.3) is 0 Å². The molecule has 0 atom stereocenters. The number of hydrogen-bond acceptors (Lipinski definition) is 6. The number of carbonyl (C=O) groups is 1. The fraction of sp³-hybridized carbons (Fsp3) is 0.276. The van der Waals surface area contributed by atoms with E-state index in [1.165, 1.54) is 17.0 Å². The number of halogens is 7. The van der Waals surface area contributed by atoms with E-state index >= 15 is 0 Å². The standard InChI is InChI=1S/C29H23ClF6N4O4/c1-16-9-18(5-8-23(16)43-14-17-12-39(13-17)15-28(31,32)33)20-7-6-19(30)10-21(20)22-3-2-4-25(38-22)40-26(29(34,35)36)24(11-37-40)44-27(41)42/h2-11,17H,12-15H2,1H3,(H,41,42). The van der Waals surface area contributed by atoms with Crippen LogP contribution in [0.15, 0.2) is 60.8 Å². The van der Waals surface area contributed by atoms with Gasteiger partial charge in [-0.2, -0.15) is 31.4 Å². The lowest BCUT2D eigenvalue weighted by Crippen LogP contribution is -2.52. The Hall–Kier alpha value is -4.30. The van der Waals surface area contributed by atoms with Crippen molar-refractivity contribution in [1.29, 1.82) is 0 Å². The number of alkyl halides is 6. The molecule has 3 heterocycles. The predicted molar refractivity (Wildman–Crippen MR) is 147 cm³/mol. The summed E-state index contributed by atoms with van der Waals surface area (Å²) < 4.78 is 89.9. The van der Waals surface area contributed by atoms with Crippen molar-refractivity contribution in [3.8, 4) is 39.7 Å². The van der Waals surface area contributed by atoms with Crippen LogP contribution in [0.2, 0.25) is 5.02 Å². The van der Waals surface area contributed by atoms with Gasteiger partial charge in [0.05, 0.1) is 25.0 Å². The second-order valence-corrected chi connectivity index (χ2v) is 10.6. The maximum atomic E-state index is 13.9. The van der Waals surface area contributed by atoms with Gasteiger partial charge < -0.3 is 14.6 Å². The Morgan fingerprint density at radius 3 is 2.43 bits per heavy atom. The molecular weight excluding hydrogens is 618 g/mol. The normalized spacial score (nSPS) is 14.4. The number of carboxylic acid groups (broad SMARTS) is 1. The average Bonchev–Trinajstić information content (AvgIpc) is 3.33. The van der Waals surface area contributed by atoms with Gasteiger partial charge in [-0.1, -0.05) is 29.8 Å². The summed E-state index contributed by atoms with van der Waals surface area (Å²) in [7, 11) is 0. The quantitative estimate of drug-likeness (QED) is 0.157. The third-order valence-electron chi connectivity index (χ3n) is 6.81. The lowest BCUT2D eigenvalue weighted by Gasteiger charge is -2.39. The van der Waals surface area contributed by atoms with E-state index in [4.69, 9.17) is 21.4 Å². The maximum Gasteiger partial charge on any atom is 0.511 e. The lowest BCUT2D eigenvalue weighted by atomic mass is 9.96. The van der Waals surface area contributed by atoms with Crippen LogP contribution in [0.25, 0.3) is 28.2 Å². The summed E-state index contributed by atoms with van der Waals surface area (Å²) in [5.74, 6) is -0.687. The van der Waals surface area contributed by atoms with E-state index in [-0.39, 0.29) is 24.0 Å². The minimum Gasteiger partial charge on any atom is -0.493 e. The van der Waals surface area contributed by atoms with E-state index in [9.17, 15) is 31.1 Å². The zero-order chi connectivity index (χ0) is 31.8. The van der Waals surface area contributed by atoms with E-state index in [0.717, 1.165) is 11.1 Å². The molecule has 44 heavy (non-hydrogen) atoms. The largest absolute Gasteiger partial charge is 0.511 e. The first-order valence-corrected chi connectivity index (χ1v) is 13.4. The molecule has 15 heteroatoms. The Labute approximate surface area is 251 Å². The van der Waals surface area contributed by atoms with Crippen LogP contribution in [-0.2, 0) is 6.18 Å². The molecule has 1 aliphatic rings. The summed E-state index contributed by atoms with van der Waals surface area (Å²) in [5, 5.41) is 12.9. The van der Waals surface area contributed by atoms with Gasteiger partial charge in [-0.05, 0) is 60.0 Å². The SMILES string of the molecule is Cc1cc(-c2ccc(Cl)cc2-c2cccc(-n3ncc(OC(=O)O)c3C(F)(F)F)n2)ccc1OCC1CN(CC(F)(F)F)C1. The summed E-state index contributed by atoms with van der Waals surface area (Å²) in [6.07, 6.45) is -10.5. The molecule has 2 aromatic heterocycles. The monoisotopic (exact) mass is 640 g/mol. The van der Waals surface area contributed by atoms with Crippen LogP contribution in [0.4, 0.5) is 31.1 Å². The van der Waals surface area contributed by atoms with Crippen molar-refractivity contribution in [2.24, 2.45) is 5.92 Å². The fourth-order valence-corrected chi connectivity index (χ4v) is 5.13. The van der Waals surface area contributed by atoms with Gasteiger partial charge in [0.2, 0.25) is 0 Å². The molecule has 0 aliphatic carbocycles. The van der Waals surface area contributed by atoms with Gasteiger partial charge in [0.15, 0.2) is 17.3 Å². The van der Waals surface area contributed by atoms with Crippen molar-refractivity contribution in [1.82, 2.24) is 19.7 Å². The smallest absolute Gasteiger partial charge is 0.493 e. The molecule has 0 saturated carbocycles. The van der Waals surface area contributed by atoms with Gasteiger partial charge >= 0.3 is 18.5 Å². The number of aromatic nitrogens is 3. The molecule has 5 rings (SSSR count). The number of pyridine rings is 1. The molecule has 0 unspecified atom stereocenters. The molecule has 1 N–H and O–H groups in total. The van der Waals surface area contributed by atoms with Crippen molar-refractivity contribution in [3.63, 3.8) is 0 Å². The summed E-state index contributed by atoms with van der Waals surface area (Å²) in [6.45, 7) is 1.74. The van der Waals surface area contributed by atoms with Gasteiger partial charge in [0.1, 0.15) is 5.75 Å². The van der Waals surface area contributed by atoms with Crippen LogP contribution < -0.4 is 9.47 Å². The van der Waals surface area contributed by atoms with E-state index in [0.29, 0.717) is 45.9 Å². The van der Waals surface area contributed by atoms with E-state index in [2.05, 4.69) is 14.8 Å². The Kier molecular flexibility index (Phi) is 8.49. The molecule has 1 aliphatic heterocycles. The number of benzene rings is 2. The van der Waals surface area contributed by atoms with Gasteiger partial charge in [0, 0.05) is 29.6 Å². The van der Waals surface area contributed by atoms with Gasteiger partial charge in [-0.25, -0.2) is 14.5 Å².